The van der Waals surface area contributed by atoms with Gasteiger partial charge in [0, 0.05) is 80.6 Å². The zero-order chi connectivity index (χ0) is 87.1. The molecule has 118 heavy (non-hydrogen) atoms. The van der Waals surface area contributed by atoms with Gasteiger partial charge in [-0.1, -0.05) is 70.9 Å². The second kappa shape index (κ2) is 51.5. The number of carbonyl (C=O) groups excluding carboxylic acids is 13. The van der Waals surface area contributed by atoms with Crippen LogP contribution in [0.5, 0.6) is 0 Å². The highest BCUT2D eigenvalue weighted by atomic mass is 33.1. The van der Waals surface area contributed by atoms with Gasteiger partial charge in [0.25, 0.3) is 0 Å². The van der Waals surface area contributed by atoms with E-state index in [2.05, 4.69) is 88.4 Å². The number of nitrogens with zero attached hydrogens (tertiary/aromatic N) is 7. The van der Waals surface area contributed by atoms with Gasteiger partial charge in [-0.25, -0.2) is 9.78 Å². The van der Waals surface area contributed by atoms with Crippen LogP contribution in [-0.4, -0.2) is 285 Å². The average Bonchev–Trinajstić information content (AvgIpc) is 1.68. The van der Waals surface area contributed by atoms with Crippen LogP contribution < -0.4 is 116 Å². The van der Waals surface area contributed by atoms with E-state index in [9.17, 15) is 48.3 Å². The molecule has 14 atom stereocenters. The van der Waals surface area contributed by atoms with Crippen molar-refractivity contribution in [1.29, 1.82) is 0 Å². The maximum absolute atomic E-state index is 15.3. The Balaban J connectivity index is 1.54. The number of fused-ring (bicyclic) bond motifs is 2. The molecule has 660 valence electrons. The predicted octanol–water partition coefficient (Wildman–Crippen LogP) is -7.10. The largest absolute Gasteiger partial charge is 0.480 e. The number of guanidine groups is 4. The fraction of sp³-hybridized carbons (Fsp3) is 0.700. The Labute approximate surface area is 700 Å². The van der Waals surface area contributed by atoms with E-state index in [0.717, 1.165) is 43.2 Å². The first-order valence-electron chi connectivity index (χ1n) is 39.4. The predicted molar refractivity (Wildman–Crippen MR) is 450 cm³/mol. The summed E-state index contributed by atoms with van der Waals surface area (Å²) in [4.78, 5) is 230. The number of nitrogens with one attached hydrogen (secondary N) is 12. The quantitative estimate of drug-likeness (QED) is 0.0135. The average molecular weight is 1740 g/mol. The van der Waals surface area contributed by atoms with Gasteiger partial charge in [0.05, 0.1) is 12.4 Å². The van der Waals surface area contributed by atoms with Crippen LogP contribution in [0, 0.1) is 11.8 Å². The highest BCUT2D eigenvalue weighted by Crippen LogP contribution is 2.28. The summed E-state index contributed by atoms with van der Waals surface area (Å²) >= 11 is 0. The molecule has 5 heterocycles. The third-order valence-corrected chi connectivity index (χ3v) is 24.0. The van der Waals surface area contributed by atoms with Crippen LogP contribution in [0.1, 0.15) is 143 Å². The van der Waals surface area contributed by atoms with Crippen LogP contribution in [0.3, 0.4) is 0 Å². The molecule has 13 amide bonds. The molecule has 0 saturated carbocycles. The Hall–Kier alpha value is -9.81. The number of rotatable bonds is 33. The number of aromatic amines is 1. The molecule has 48 heteroatoms. The number of aromatic nitrogens is 2. The number of H-pyrrole nitrogens is 1. The molecule has 0 aromatic carbocycles. The van der Waals surface area contributed by atoms with Crippen molar-refractivity contribution < 1.29 is 72.2 Å². The number of aliphatic carboxylic acids is 1. The van der Waals surface area contributed by atoms with Crippen molar-refractivity contribution in [2.45, 2.75) is 228 Å². The summed E-state index contributed by atoms with van der Waals surface area (Å²) < 4.78 is 0. The van der Waals surface area contributed by atoms with Crippen LogP contribution >= 0.6 is 43.2 Å². The van der Waals surface area contributed by atoms with Crippen LogP contribution in [-0.2, 0) is 73.5 Å². The highest BCUT2D eigenvalue weighted by Gasteiger charge is 2.44. The fourth-order valence-corrected chi connectivity index (χ4v) is 17.8. The van der Waals surface area contributed by atoms with Gasteiger partial charge in [-0.3, -0.25) is 82.3 Å². The molecule has 4 fully saturated rings. The number of imidazole rings is 1. The Morgan fingerprint density at radius 2 is 0.915 bits per heavy atom. The van der Waals surface area contributed by atoms with E-state index in [0.29, 0.717) is 19.3 Å². The topological polar surface area (TPSA) is 736 Å². The number of hydrogen-bond acceptors (Lipinski definition) is 25. The number of unbranched alkanes of at least 4 members (excludes halogenated alkanes) is 1. The van der Waals surface area contributed by atoms with Crippen molar-refractivity contribution in [3.63, 3.8) is 0 Å². The van der Waals surface area contributed by atoms with Crippen molar-refractivity contribution >= 4 is 150 Å². The molecular formula is C70H121N29O15S4. The summed E-state index contributed by atoms with van der Waals surface area (Å²) in [6, 6.07) is -19.6. The number of nitrogens with two attached hydrogens (primary N) is 10. The van der Waals surface area contributed by atoms with Gasteiger partial charge in [-0.15, -0.1) is 0 Å². The van der Waals surface area contributed by atoms with Crippen molar-refractivity contribution in [1.82, 2.24) is 78.3 Å². The first-order chi connectivity index (χ1) is 56.1. The van der Waals surface area contributed by atoms with Gasteiger partial charge in [0.15, 0.2) is 23.8 Å². The molecule has 1 aromatic rings. The maximum atomic E-state index is 15.3. The third-order valence-electron chi connectivity index (χ3n) is 19.2. The van der Waals surface area contributed by atoms with E-state index in [4.69, 9.17) is 57.3 Å². The monoisotopic (exact) mass is 1740 g/mol. The lowest BCUT2D eigenvalue weighted by Gasteiger charge is -2.31. The van der Waals surface area contributed by atoms with E-state index in [1.807, 2.05) is 0 Å². The van der Waals surface area contributed by atoms with Gasteiger partial charge >= 0.3 is 5.97 Å². The van der Waals surface area contributed by atoms with Gasteiger partial charge < -0.3 is 136 Å². The Morgan fingerprint density at radius 1 is 0.500 bits per heavy atom. The minimum atomic E-state index is -1.64. The summed E-state index contributed by atoms with van der Waals surface area (Å²) in [7, 11) is 3.81. The lowest BCUT2D eigenvalue weighted by molar-refractivity contribution is -0.143. The van der Waals surface area contributed by atoms with Crippen molar-refractivity contribution in [3.05, 3.63) is 18.2 Å². The molecule has 1 aromatic heterocycles. The van der Waals surface area contributed by atoms with E-state index in [1.165, 1.54) is 22.3 Å². The minimum Gasteiger partial charge on any atom is -0.480 e. The number of amides is 13. The SMILES string of the molecule is CC(C)C[C@@H]1NC(=O)[C@H](CCCN=C(N)N)NC(=O)[C@@H]2CCCN2C(=O)[C@H](CCCN=C(N)N)NC(=O)[C@@H](NC(=O)C(Cc2cnc[nH]2)NC(=O)[C@H](CCCCN)NC(=O)C2CSSC[C@H](N)C(=O)N[C@@H](CCCN=C(N)N)C(=O)N3CCC[C@H]3C(=O)N[C@@H](CCCN=C(N)N)C(=O)N[C@@H](CC(C)C)C(=O)N2)CSSCC(C(=O)O)NC1=O. The smallest absolute Gasteiger partial charge is 0.327 e. The molecule has 0 radical (unpaired) electrons. The van der Waals surface area contributed by atoms with Crippen molar-refractivity contribution in [2.75, 3.05) is 68.8 Å². The molecule has 4 aliphatic rings. The molecule has 4 saturated heterocycles. The second-order valence-electron chi connectivity index (χ2n) is 29.8. The summed E-state index contributed by atoms with van der Waals surface area (Å²) in [6.07, 6.45) is 4.09. The molecule has 44 nitrogen and oxygen atoms in total. The summed E-state index contributed by atoms with van der Waals surface area (Å²) in [5.41, 5.74) is 57.5. The molecule has 0 aliphatic carbocycles. The maximum Gasteiger partial charge on any atom is 0.327 e. The summed E-state index contributed by atoms with van der Waals surface area (Å²) in [5, 5.41) is 40.4. The number of carboxylic acid groups (broad SMARTS) is 1. The second-order valence-corrected chi connectivity index (χ2v) is 34.9. The normalized spacial score (nSPS) is 24.5. The summed E-state index contributed by atoms with van der Waals surface area (Å²) in [6.45, 7) is 7.54. The lowest BCUT2D eigenvalue weighted by Crippen LogP contribution is -2.61. The minimum absolute atomic E-state index is 0.0107. The standard InChI is InChI=1S/C70H121N29O15S4/c1-36(2)27-45-57(104)95-48(32-116-115-31-39(72)53(100)90-43(16-9-23-84-69(77)78)64(111)98-25-11-18-51(98)62(109)88-41(55(102)92-45)14-7-21-82-67(73)74)60(107)87-40(13-5-6-20-71)54(101)94-47(29-38-30-81-35-86-38)59(106)96-49-33-117-118-34-50(66(113)114)97-58(105)46(28-37(3)4)93-56(103)42(15-8-22-83-68(75)76)89-63(110)52-19-12-26-99(52)65(112)44(91-61(49)108)17-10-24-85-70(79)80/h30,35-37,39-52H,5-29,31-34,71-72H2,1-4H3,(H,81,86)(H,87,107)(H,88,109)(H,89,110)(H,90,100)(H,91,108)(H,92,102)(H,93,103)(H,94,101)(H,95,104)(H,96,106)(H,97,105)(H,113,114)(H4,73,74,82)(H4,75,76,83)(H4,77,78,84)(H4,79,80,85)/t39-,40-,41-,42-,43-,44-,45-,46-,47?,48?,49-,50?,51-,52-/m0/s1. The van der Waals surface area contributed by atoms with Crippen LogP contribution in [0.15, 0.2) is 32.5 Å². The highest BCUT2D eigenvalue weighted by molar-refractivity contribution is 8.77. The van der Waals surface area contributed by atoms with E-state index in [-0.39, 0.29) is 207 Å². The Morgan fingerprint density at radius 3 is 1.36 bits per heavy atom. The van der Waals surface area contributed by atoms with Gasteiger partial charge in [-0.2, -0.15) is 0 Å². The zero-order valence-electron chi connectivity index (χ0n) is 67.1. The van der Waals surface area contributed by atoms with Gasteiger partial charge in [0.2, 0.25) is 76.8 Å². The summed E-state index contributed by atoms with van der Waals surface area (Å²) in [5.74, 6) is -14.8. The number of aliphatic imine (C=N–C) groups is 4. The molecule has 33 N–H and O–H groups in total. The first kappa shape index (κ1) is 98.8. The van der Waals surface area contributed by atoms with E-state index >= 15 is 24.0 Å². The molecule has 0 spiro atoms. The Kier molecular flexibility index (Phi) is 43.1. The molecule has 5 rings (SSSR count). The molecular weight excluding hydrogens is 1620 g/mol. The lowest BCUT2D eigenvalue weighted by atomic mass is 10.0. The number of hydrogen-bond donors (Lipinski definition) is 23. The van der Waals surface area contributed by atoms with Crippen LogP contribution in [0.25, 0.3) is 0 Å². The van der Waals surface area contributed by atoms with Crippen LogP contribution in [0.4, 0.5) is 0 Å². The van der Waals surface area contributed by atoms with Crippen molar-refractivity contribution in [3.8, 4) is 0 Å². The fourth-order valence-electron chi connectivity index (χ4n) is 13.1. The van der Waals surface area contributed by atoms with E-state index < -0.39 is 167 Å². The molecule has 3 unspecified atom stereocenters. The Bertz CT molecular complexity index is 3660. The third kappa shape index (κ3) is 34.6. The molecule has 0 bridgehead atoms. The first-order valence-corrected chi connectivity index (χ1v) is 44.4. The van der Waals surface area contributed by atoms with Gasteiger partial charge in [-0.05, 0) is 128 Å². The molecule has 4 aliphatic heterocycles. The van der Waals surface area contributed by atoms with Gasteiger partial charge in [0.1, 0.15) is 78.5 Å². The van der Waals surface area contributed by atoms with Crippen molar-refractivity contribution in [2.24, 2.45) is 89.1 Å². The van der Waals surface area contributed by atoms with E-state index in [1.54, 1.807) is 27.7 Å². The van der Waals surface area contributed by atoms with Crippen LogP contribution in [0.2, 0.25) is 0 Å². The number of carboxylic acids is 1. The zero-order valence-corrected chi connectivity index (χ0v) is 70.4. The number of carbonyl (C=O) groups is 14.